The van der Waals surface area contributed by atoms with Gasteiger partial charge in [0.1, 0.15) is 34.4 Å². The number of esters is 1. The zero-order valence-electron chi connectivity index (χ0n) is 14.0. The summed E-state index contributed by atoms with van der Waals surface area (Å²) < 4.78 is 24.5. The van der Waals surface area contributed by atoms with Gasteiger partial charge in [-0.25, -0.2) is 9.18 Å². The molecule has 0 saturated heterocycles. The molecule has 0 atom stereocenters. The Morgan fingerprint density at radius 2 is 2.00 bits per heavy atom. The van der Waals surface area contributed by atoms with Crippen LogP contribution in [-0.4, -0.2) is 22.5 Å². The van der Waals surface area contributed by atoms with Crippen molar-refractivity contribution in [1.82, 2.24) is 9.38 Å². The van der Waals surface area contributed by atoms with Crippen molar-refractivity contribution in [2.75, 3.05) is 7.11 Å². The number of carbonyl (C=O) groups is 1. The third kappa shape index (κ3) is 3.67. The van der Waals surface area contributed by atoms with Crippen molar-refractivity contribution in [1.29, 1.82) is 5.26 Å². The van der Waals surface area contributed by atoms with Crippen molar-refractivity contribution < 1.29 is 18.7 Å². The highest BCUT2D eigenvalue weighted by Gasteiger charge is 2.17. The molecule has 134 valence electrons. The van der Waals surface area contributed by atoms with Gasteiger partial charge in [0, 0.05) is 6.20 Å². The van der Waals surface area contributed by atoms with E-state index >= 15 is 0 Å². The lowest BCUT2D eigenvalue weighted by Crippen LogP contribution is -2.19. The highest BCUT2D eigenvalue weighted by atomic mass is 19.1. The molecule has 27 heavy (non-hydrogen) atoms. The van der Waals surface area contributed by atoms with Crippen LogP contribution in [0.15, 0.2) is 59.0 Å². The van der Waals surface area contributed by atoms with Gasteiger partial charge in [-0.15, -0.1) is 0 Å². The largest absolute Gasteiger partial charge is 0.465 e. The van der Waals surface area contributed by atoms with E-state index in [4.69, 9.17) is 4.74 Å². The van der Waals surface area contributed by atoms with Gasteiger partial charge in [0.05, 0.1) is 7.11 Å². The molecule has 0 aliphatic carbocycles. The first-order chi connectivity index (χ1) is 13.0. The highest BCUT2D eigenvalue weighted by molar-refractivity contribution is 5.98. The third-order valence-electron chi connectivity index (χ3n) is 3.58. The first-order valence-corrected chi connectivity index (χ1v) is 7.68. The Bertz CT molecular complexity index is 1140. The summed E-state index contributed by atoms with van der Waals surface area (Å²) in [6.45, 7) is 0. The maximum absolute atomic E-state index is 13.1. The van der Waals surface area contributed by atoms with Gasteiger partial charge in [-0.2, -0.15) is 10.2 Å². The van der Waals surface area contributed by atoms with E-state index in [0.29, 0.717) is 5.65 Å². The van der Waals surface area contributed by atoms with E-state index in [2.05, 4.69) is 9.72 Å². The number of halogens is 1. The van der Waals surface area contributed by atoms with Gasteiger partial charge in [0.2, 0.25) is 5.88 Å². The van der Waals surface area contributed by atoms with E-state index in [0.717, 1.165) is 13.2 Å². The van der Waals surface area contributed by atoms with Gasteiger partial charge in [-0.1, -0.05) is 6.07 Å². The number of nitriles is 1. The molecule has 8 heteroatoms. The molecule has 0 saturated carbocycles. The second kappa shape index (κ2) is 7.49. The van der Waals surface area contributed by atoms with Crippen molar-refractivity contribution in [3.63, 3.8) is 0 Å². The Morgan fingerprint density at radius 3 is 2.67 bits per heavy atom. The zero-order chi connectivity index (χ0) is 19.4. The zero-order valence-corrected chi connectivity index (χ0v) is 14.0. The lowest BCUT2D eigenvalue weighted by molar-refractivity contribution is -0.135. The first-order valence-electron chi connectivity index (χ1n) is 7.68. The van der Waals surface area contributed by atoms with Gasteiger partial charge in [0.25, 0.3) is 5.56 Å². The number of carbonyl (C=O) groups excluding carboxylic acids is 1. The molecule has 2 aromatic heterocycles. The Hall–Kier alpha value is -3.99. The van der Waals surface area contributed by atoms with Crippen LogP contribution in [0.1, 0.15) is 5.56 Å². The SMILES string of the molecule is COC(=O)/C(C#N)=C/c1c(Oc2ccc(F)cc2)nc2ccccn2c1=O. The van der Waals surface area contributed by atoms with Crippen molar-refractivity contribution in [2.45, 2.75) is 0 Å². The van der Waals surface area contributed by atoms with Crippen LogP contribution >= 0.6 is 0 Å². The predicted molar refractivity (Wildman–Crippen MR) is 93.5 cm³/mol. The number of ether oxygens (including phenoxy) is 2. The third-order valence-corrected chi connectivity index (χ3v) is 3.58. The van der Waals surface area contributed by atoms with Crippen LogP contribution in [0.5, 0.6) is 11.6 Å². The Labute approximate surface area is 152 Å². The molecule has 0 bridgehead atoms. The number of hydrogen-bond donors (Lipinski definition) is 0. The summed E-state index contributed by atoms with van der Waals surface area (Å²) >= 11 is 0. The normalized spacial score (nSPS) is 11.1. The van der Waals surface area contributed by atoms with Gasteiger partial charge >= 0.3 is 5.97 Å². The highest BCUT2D eigenvalue weighted by Crippen LogP contribution is 2.24. The smallest absolute Gasteiger partial charge is 0.348 e. The molecule has 0 N–H and O–H groups in total. The monoisotopic (exact) mass is 365 g/mol. The summed E-state index contributed by atoms with van der Waals surface area (Å²) in [5, 5.41) is 9.17. The van der Waals surface area contributed by atoms with Crippen LogP contribution < -0.4 is 10.3 Å². The minimum Gasteiger partial charge on any atom is -0.465 e. The summed E-state index contributed by atoms with van der Waals surface area (Å²) in [6.07, 6.45) is 2.55. The number of methoxy groups -OCH3 is 1. The fraction of sp³-hybridized carbons (Fsp3) is 0.0526. The lowest BCUT2D eigenvalue weighted by Gasteiger charge is -2.10. The molecule has 0 aliphatic heterocycles. The van der Waals surface area contributed by atoms with E-state index < -0.39 is 22.9 Å². The summed E-state index contributed by atoms with van der Waals surface area (Å²) in [7, 11) is 1.12. The molecule has 2 heterocycles. The van der Waals surface area contributed by atoms with Crippen molar-refractivity contribution in [3.05, 3.63) is 76.0 Å². The van der Waals surface area contributed by atoms with E-state index in [1.807, 2.05) is 0 Å². The number of fused-ring (bicyclic) bond motifs is 1. The van der Waals surface area contributed by atoms with Crippen LogP contribution in [0.4, 0.5) is 4.39 Å². The van der Waals surface area contributed by atoms with E-state index in [1.165, 1.54) is 34.9 Å². The molecule has 0 aliphatic rings. The van der Waals surface area contributed by atoms with Crippen molar-refractivity contribution >= 4 is 17.7 Å². The number of rotatable bonds is 4. The fourth-order valence-electron chi connectivity index (χ4n) is 2.29. The van der Waals surface area contributed by atoms with E-state index in [-0.39, 0.29) is 17.2 Å². The van der Waals surface area contributed by atoms with E-state index in [9.17, 15) is 19.2 Å². The number of nitrogens with zero attached hydrogens (tertiary/aromatic N) is 3. The maximum atomic E-state index is 13.1. The number of pyridine rings is 1. The lowest BCUT2D eigenvalue weighted by atomic mass is 10.2. The average molecular weight is 365 g/mol. The van der Waals surface area contributed by atoms with Crippen LogP contribution in [0.3, 0.4) is 0 Å². The second-order valence-corrected chi connectivity index (χ2v) is 5.28. The molecule has 0 unspecified atom stereocenters. The van der Waals surface area contributed by atoms with Crippen molar-refractivity contribution in [2.24, 2.45) is 0 Å². The van der Waals surface area contributed by atoms with Crippen LogP contribution in [0.2, 0.25) is 0 Å². The molecule has 0 spiro atoms. The molecule has 0 fully saturated rings. The summed E-state index contributed by atoms with van der Waals surface area (Å²) in [6, 6.07) is 11.7. The Morgan fingerprint density at radius 1 is 1.26 bits per heavy atom. The summed E-state index contributed by atoms with van der Waals surface area (Å²) in [4.78, 5) is 28.8. The number of aromatic nitrogens is 2. The summed E-state index contributed by atoms with van der Waals surface area (Å²) in [5.74, 6) is -1.25. The molecule has 0 amide bonds. The molecule has 0 radical (unpaired) electrons. The predicted octanol–water partition coefficient (Wildman–Crippen LogP) is 2.71. The van der Waals surface area contributed by atoms with Gasteiger partial charge < -0.3 is 9.47 Å². The molecule has 3 rings (SSSR count). The minimum absolute atomic E-state index is 0.120. The summed E-state index contributed by atoms with van der Waals surface area (Å²) in [5.41, 5.74) is -0.760. The molecular formula is C19H12FN3O4. The molecule has 1 aromatic carbocycles. The Kier molecular flexibility index (Phi) is 4.95. The quantitative estimate of drug-likeness (QED) is 0.401. The van der Waals surface area contributed by atoms with Gasteiger partial charge in [-0.3, -0.25) is 9.20 Å². The first kappa shape index (κ1) is 17.8. The van der Waals surface area contributed by atoms with Crippen LogP contribution in [0, 0.1) is 17.1 Å². The number of benzene rings is 1. The van der Waals surface area contributed by atoms with Crippen LogP contribution in [-0.2, 0) is 9.53 Å². The fourth-order valence-corrected chi connectivity index (χ4v) is 2.29. The molecular weight excluding hydrogens is 353 g/mol. The standard InChI is InChI=1S/C19H12FN3O4/c1-26-19(25)12(11-21)10-15-17(27-14-7-5-13(20)6-8-14)22-16-4-2-3-9-23(16)18(15)24/h2-10H,1H3/b12-10+. The Balaban J connectivity index is 2.22. The molecule has 3 aromatic rings. The van der Waals surface area contributed by atoms with E-state index in [1.54, 1.807) is 24.3 Å². The van der Waals surface area contributed by atoms with Gasteiger partial charge in [0.15, 0.2) is 0 Å². The van der Waals surface area contributed by atoms with Crippen molar-refractivity contribution in [3.8, 4) is 17.7 Å². The average Bonchev–Trinajstić information content (AvgIpc) is 2.69. The second-order valence-electron chi connectivity index (χ2n) is 5.28. The number of hydrogen-bond acceptors (Lipinski definition) is 6. The van der Waals surface area contributed by atoms with Gasteiger partial charge in [-0.05, 0) is 42.5 Å². The molecule has 7 nitrogen and oxygen atoms in total. The van der Waals surface area contributed by atoms with Crippen LogP contribution in [0.25, 0.3) is 11.7 Å². The topological polar surface area (TPSA) is 93.7 Å². The maximum Gasteiger partial charge on any atom is 0.348 e. The minimum atomic E-state index is -0.900.